The molecule has 0 saturated carbocycles. The van der Waals surface area contributed by atoms with Gasteiger partial charge < -0.3 is 9.47 Å². The lowest BCUT2D eigenvalue weighted by Crippen LogP contribution is -2.19. The summed E-state index contributed by atoms with van der Waals surface area (Å²) in [5.41, 5.74) is 1.57. The summed E-state index contributed by atoms with van der Waals surface area (Å²) >= 11 is 0.884. The number of amides is 2. The quantitative estimate of drug-likeness (QED) is 0.792. The number of allylic oxidation sites excluding steroid dienone is 4. The lowest BCUT2D eigenvalue weighted by atomic mass is 9.95. The van der Waals surface area contributed by atoms with Crippen molar-refractivity contribution in [1.29, 1.82) is 0 Å². The van der Waals surface area contributed by atoms with Crippen LogP contribution >= 0.6 is 11.8 Å². The van der Waals surface area contributed by atoms with Gasteiger partial charge in [0.1, 0.15) is 18.8 Å². The Morgan fingerprint density at radius 3 is 2.80 bits per heavy atom. The van der Waals surface area contributed by atoms with E-state index in [1.165, 1.54) is 18.8 Å². The van der Waals surface area contributed by atoms with E-state index in [-0.39, 0.29) is 5.24 Å². The van der Waals surface area contributed by atoms with Crippen LogP contribution in [-0.4, -0.2) is 11.1 Å². The Bertz CT molecular complexity index is 625. The van der Waals surface area contributed by atoms with Crippen LogP contribution in [0.15, 0.2) is 58.8 Å². The zero-order valence-electron chi connectivity index (χ0n) is 10.4. The fourth-order valence-electron chi connectivity index (χ4n) is 2.09. The van der Waals surface area contributed by atoms with Gasteiger partial charge in [-0.25, -0.2) is 0 Å². The maximum atomic E-state index is 11.9. The molecule has 0 aromatic carbocycles. The smallest absolute Gasteiger partial charge is 0.290 e. The molecule has 2 aliphatic heterocycles. The molecule has 0 aromatic heterocycles. The van der Waals surface area contributed by atoms with Crippen molar-refractivity contribution < 1.29 is 19.1 Å². The van der Waals surface area contributed by atoms with Crippen LogP contribution in [0.5, 0.6) is 0 Å². The fraction of sp³-hybridized carbons (Fsp3) is 0.143. The molecular weight excluding hydrogens is 278 g/mol. The van der Waals surface area contributed by atoms with E-state index in [9.17, 15) is 9.59 Å². The van der Waals surface area contributed by atoms with Gasteiger partial charge in [-0.15, -0.1) is 0 Å². The molecule has 0 spiro atoms. The van der Waals surface area contributed by atoms with Gasteiger partial charge in [0.25, 0.3) is 11.1 Å². The van der Waals surface area contributed by atoms with Crippen LogP contribution in [0, 0.1) is 0 Å². The third-order valence-electron chi connectivity index (χ3n) is 2.93. The van der Waals surface area contributed by atoms with Crippen LogP contribution in [0.4, 0.5) is 4.79 Å². The minimum Gasteiger partial charge on any atom is -0.465 e. The van der Waals surface area contributed by atoms with Gasteiger partial charge in [-0.2, -0.15) is 0 Å². The highest BCUT2D eigenvalue weighted by molar-refractivity contribution is 8.18. The number of carbonyl (C=O) groups is 2. The highest BCUT2D eigenvalue weighted by Crippen LogP contribution is 2.37. The van der Waals surface area contributed by atoms with Crippen molar-refractivity contribution in [2.24, 2.45) is 0 Å². The van der Waals surface area contributed by atoms with Crippen LogP contribution < -0.4 is 5.32 Å². The van der Waals surface area contributed by atoms with Crippen molar-refractivity contribution >= 4 is 22.9 Å². The zero-order chi connectivity index (χ0) is 13.9. The molecule has 6 heteroatoms. The van der Waals surface area contributed by atoms with Crippen molar-refractivity contribution in [2.45, 2.75) is 12.8 Å². The fourth-order valence-corrected chi connectivity index (χ4v) is 2.89. The molecule has 0 atom stereocenters. The van der Waals surface area contributed by atoms with Crippen LogP contribution in [-0.2, 0) is 14.3 Å². The number of hydrogen-bond acceptors (Lipinski definition) is 5. The molecule has 1 fully saturated rings. The van der Waals surface area contributed by atoms with Gasteiger partial charge in [-0.05, 0) is 30.2 Å². The van der Waals surface area contributed by atoms with E-state index in [1.807, 2.05) is 18.2 Å². The van der Waals surface area contributed by atoms with Crippen molar-refractivity contribution in [3.05, 3.63) is 58.8 Å². The number of hydrogen-bond donors (Lipinski definition) is 1. The van der Waals surface area contributed by atoms with E-state index in [4.69, 9.17) is 9.47 Å². The normalized spacial score (nSPS) is 23.6. The summed E-state index contributed by atoms with van der Waals surface area (Å²) in [6, 6.07) is 0. The molecule has 3 aliphatic rings. The first-order valence-corrected chi connectivity index (χ1v) is 6.88. The molecule has 3 rings (SSSR count). The van der Waals surface area contributed by atoms with Crippen LogP contribution in [0.25, 0.3) is 0 Å². The van der Waals surface area contributed by atoms with E-state index < -0.39 is 5.91 Å². The molecule has 0 unspecified atom stereocenters. The van der Waals surface area contributed by atoms with Crippen LogP contribution in [0.1, 0.15) is 12.8 Å². The summed E-state index contributed by atoms with van der Waals surface area (Å²) in [5, 5.41) is 1.89. The van der Waals surface area contributed by atoms with E-state index in [2.05, 4.69) is 5.32 Å². The summed E-state index contributed by atoms with van der Waals surface area (Å²) in [6.45, 7) is 0. The van der Waals surface area contributed by atoms with Gasteiger partial charge in [0.05, 0.1) is 4.91 Å². The Kier molecular flexibility index (Phi) is 3.47. The summed E-state index contributed by atoms with van der Waals surface area (Å²) in [4.78, 5) is 23.7. The molecule has 2 amide bonds. The van der Waals surface area contributed by atoms with Crippen molar-refractivity contribution in [2.75, 3.05) is 0 Å². The van der Waals surface area contributed by atoms with Gasteiger partial charge in [0.15, 0.2) is 5.76 Å². The summed E-state index contributed by atoms with van der Waals surface area (Å²) in [7, 11) is 0. The monoisotopic (exact) mass is 289 g/mol. The minimum atomic E-state index is -0.399. The van der Waals surface area contributed by atoms with Crippen LogP contribution in [0.2, 0.25) is 0 Å². The predicted molar refractivity (Wildman–Crippen MR) is 74.0 cm³/mol. The Morgan fingerprint density at radius 2 is 2.20 bits per heavy atom. The van der Waals surface area contributed by atoms with Crippen molar-refractivity contribution in [3.63, 3.8) is 0 Å². The SMILES string of the molecule is O=C1NC(=O)C(=C(C2=CC=CCC2)C2=COC=CO2)S1. The number of ether oxygens (including phenoxy) is 2. The standard InChI is InChI=1S/C14H11NO4S/c16-13-12(20-14(17)15-13)11(9-4-2-1-3-5-9)10-8-18-6-7-19-10/h1-2,4,6-8H,3,5H2,(H,15,16,17). The van der Waals surface area contributed by atoms with E-state index in [0.717, 1.165) is 30.2 Å². The van der Waals surface area contributed by atoms with Gasteiger partial charge in [-0.1, -0.05) is 18.2 Å². The van der Waals surface area contributed by atoms with Gasteiger partial charge >= 0.3 is 0 Å². The third kappa shape index (κ3) is 2.42. The molecule has 1 saturated heterocycles. The number of carbonyl (C=O) groups excluding carboxylic acids is 2. The molecule has 0 bridgehead atoms. The first-order valence-electron chi connectivity index (χ1n) is 6.07. The number of rotatable bonds is 2. The Hall–Kier alpha value is -2.21. The minimum absolute atomic E-state index is 0.349. The average Bonchev–Trinajstić information content (AvgIpc) is 2.80. The van der Waals surface area contributed by atoms with E-state index in [1.54, 1.807) is 0 Å². The Labute approximate surface area is 119 Å². The Balaban J connectivity index is 2.08. The first kappa shape index (κ1) is 12.8. The molecule has 0 radical (unpaired) electrons. The summed E-state index contributed by atoms with van der Waals surface area (Å²) in [5.74, 6) is 0.0332. The van der Waals surface area contributed by atoms with Gasteiger partial charge in [-0.3, -0.25) is 14.9 Å². The topological polar surface area (TPSA) is 64.6 Å². The van der Waals surface area contributed by atoms with E-state index in [0.29, 0.717) is 16.2 Å². The maximum Gasteiger partial charge on any atom is 0.290 e. The highest BCUT2D eigenvalue weighted by Gasteiger charge is 2.32. The van der Waals surface area contributed by atoms with Gasteiger partial charge in [0.2, 0.25) is 0 Å². The van der Waals surface area contributed by atoms with E-state index >= 15 is 0 Å². The second kappa shape index (κ2) is 5.42. The number of imide groups is 1. The third-order valence-corrected chi connectivity index (χ3v) is 3.81. The first-order chi connectivity index (χ1) is 9.75. The zero-order valence-corrected chi connectivity index (χ0v) is 11.2. The second-order valence-corrected chi connectivity index (χ2v) is 5.20. The lowest BCUT2D eigenvalue weighted by Gasteiger charge is -2.18. The number of thioether (sulfide) groups is 1. The molecule has 102 valence electrons. The maximum absolute atomic E-state index is 11.9. The summed E-state index contributed by atoms with van der Waals surface area (Å²) in [6.07, 6.45) is 11.8. The molecular formula is C14H11NO4S. The number of nitrogens with one attached hydrogen (secondary N) is 1. The predicted octanol–water partition coefficient (Wildman–Crippen LogP) is 2.86. The molecule has 2 heterocycles. The second-order valence-electron chi connectivity index (χ2n) is 4.21. The van der Waals surface area contributed by atoms with Crippen LogP contribution in [0.3, 0.4) is 0 Å². The molecule has 0 aromatic rings. The average molecular weight is 289 g/mol. The molecule has 20 heavy (non-hydrogen) atoms. The highest BCUT2D eigenvalue weighted by atomic mass is 32.2. The molecule has 1 aliphatic carbocycles. The molecule has 5 nitrogen and oxygen atoms in total. The largest absolute Gasteiger partial charge is 0.465 e. The summed E-state index contributed by atoms with van der Waals surface area (Å²) < 4.78 is 10.5. The van der Waals surface area contributed by atoms with Crippen molar-refractivity contribution in [3.8, 4) is 0 Å². The Morgan fingerprint density at radius 1 is 1.30 bits per heavy atom. The van der Waals surface area contributed by atoms with Gasteiger partial charge in [0, 0.05) is 5.57 Å². The lowest BCUT2D eigenvalue weighted by molar-refractivity contribution is -0.115. The van der Waals surface area contributed by atoms with Crippen molar-refractivity contribution in [1.82, 2.24) is 5.32 Å². The molecule has 1 N–H and O–H groups in total.